The van der Waals surface area contributed by atoms with Crippen LogP contribution in [0.3, 0.4) is 0 Å². The lowest BCUT2D eigenvalue weighted by atomic mass is 10.1. The van der Waals surface area contributed by atoms with Gasteiger partial charge in [0.15, 0.2) is 0 Å². The van der Waals surface area contributed by atoms with E-state index in [9.17, 15) is 13.2 Å². The Bertz CT molecular complexity index is 590. The van der Waals surface area contributed by atoms with E-state index in [1.807, 2.05) is 0 Å². The van der Waals surface area contributed by atoms with Crippen LogP contribution in [-0.4, -0.2) is 15.0 Å². The van der Waals surface area contributed by atoms with E-state index in [4.69, 9.17) is 11.6 Å². The molecule has 0 bridgehead atoms. The van der Waals surface area contributed by atoms with E-state index in [1.54, 1.807) is 13.8 Å². The Morgan fingerprint density at radius 1 is 1.32 bits per heavy atom. The Hall–Kier alpha value is -1.56. The van der Waals surface area contributed by atoms with E-state index in [-0.39, 0.29) is 5.38 Å². The Morgan fingerprint density at radius 3 is 2.53 bits per heavy atom. The molecule has 2 aromatic rings. The first kappa shape index (κ1) is 13.9. The summed E-state index contributed by atoms with van der Waals surface area (Å²) in [5, 5.41) is 7.28. The van der Waals surface area contributed by atoms with Gasteiger partial charge in [-0.3, -0.25) is 0 Å². The molecule has 2 rings (SSSR count). The van der Waals surface area contributed by atoms with Crippen molar-refractivity contribution in [2.24, 2.45) is 0 Å². The van der Waals surface area contributed by atoms with Gasteiger partial charge >= 0.3 is 6.18 Å². The lowest BCUT2D eigenvalue weighted by Crippen LogP contribution is -2.07. The molecule has 7 heteroatoms. The maximum atomic E-state index is 12.7. The average Bonchev–Trinajstić information content (AvgIpc) is 2.77. The first-order valence-electron chi connectivity index (χ1n) is 5.53. The minimum atomic E-state index is -4.38. The van der Waals surface area contributed by atoms with Crippen LogP contribution in [0.25, 0.3) is 5.69 Å². The highest BCUT2D eigenvalue weighted by Gasteiger charge is 2.31. The number of hydrogen-bond acceptors (Lipinski definition) is 2. The fourth-order valence-electron chi connectivity index (χ4n) is 1.61. The molecule has 0 aliphatic carbocycles. The summed E-state index contributed by atoms with van der Waals surface area (Å²) in [4.78, 5) is 0. The van der Waals surface area contributed by atoms with Crippen molar-refractivity contribution in [3.05, 3.63) is 41.2 Å². The average molecular weight is 290 g/mol. The molecule has 0 radical (unpaired) electrons. The summed E-state index contributed by atoms with van der Waals surface area (Å²) in [6.07, 6.45) is -2.86. The molecule has 0 saturated heterocycles. The highest BCUT2D eigenvalue weighted by atomic mass is 35.5. The zero-order valence-corrected chi connectivity index (χ0v) is 11.0. The van der Waals surface area contributed by atoms with E-state index >= 15 is 0 Å². The van der Waals surface area contributed by atoms with Crippen molar-refractivity contribution in [3.8, 4) is 5.69 Å². The maximum Gasteiger partial charge on any atom is 0.416 e. The summed E-state index contributed by atoms with van der Waals surface area (Å²) in [5.74, 6) is 0. The minimum absolute atomic E-state index is 0.339. The molecule has 1 unspecified atom stereocenters. The summed E-state index contributed by atoms with van der Waals surface area (Å²) >= 11 is 5.85. The van der Waals surface area contributed by atoms with Gasteiger partial charge in [-0.2, -0.15) is 13.2 Å². The van der Waals surface area contributed by atoms with E-state index in [1.165, 1.54) is 16.9 Å². The van der Waals surface area contributed by atoms with E-state index < -0.39 is 11.7 Å². The number of hydrogen-bond donors (Lipinski definition) is 0. The van der Waals surface area contributed by atoms with Gasteiger partial charge in [-0.1, -0.05) is 11.3 Å². The predicted molar refractivity (Wildman–Crippen MR) is 65.4 cm³/mol. The van der Waals surface area contributed by atoms with Gasteiger partial charge in [0.05, 0.1) is 22.8 Å². The van der Waals surface area contributed by atoms with Gasteiger partial charge in [0, 0.05) is 0 Å². The fraction of sp³-hybridized carbons (Fsp3) is 0.333. The monoisotopic (exact) mass is 289 g/mol. The first-order chi connectivity index (χ1) is 8.79. The molecule has 102 valence electrons. The SMILES string of the molecule is Cc1ccc(C(F)(F)F)cc1-n1cc(C(C)Cl)nn1. The molecule has 0 spiro atoms. The molecular formula is C12H11ClF3N3. The molecule has 1 heterocycles. The molecule has 0 fully saturated rings. The van der Waals surface area contributed by atoms with Gasteiger partial charge in [0.25, 0.3) is 0 Å². The van der Waals surface area contributed by atoms with Crippen LogP contribution in [0.4, 0.5) is 13.2 Å². The fourth-order valence-corrected chi connectivity index (χ4v) is 1.71. The summed E-state index contributed by atoms with van der Waals surface area (Å²) in [5.41, 5.74) is 0.806. The lowest BCUT2D eigenvalue weighted by Gasteiger charge is -2.10. The number of benzene rings is 1. The molecule has 0 saturated carbocycles. The van der Waals surface area contributed by atoms with Crippen molar-refractivity contribution in [2.75, 3.05) is 0 Å². The van der Waals surface area contributed by atoms with Gasteiger partial charge < -0.3 is 0 Å². The van der Waals surface area contributed by atoms with Crippen LogP contribution < -0.4 is 0 Å². The second-order valence-corrected chi connectivity index (χ2v) is 4.86. The Labute approximate surface area is 113 Å². The highest BCUT2D eigenvalue weighted by Crippen LogP contribution is 2.31. The van der Waals surface area contributed by atoms with Crippen LogP contribution in [0.15, 0.2) is 24.4 Å². The van der Waals surface area contributed by atoms with E-state index in [0.29, 0.717) is 16.9 Å². The number of aryl methyl sites for hydroxylation is 1. The second-order valence-electron chi connectivity index (χ2n) is 4.20. The Morgan fingerprint density at radius 2 is 2.00 bits per heavy atom. The van der Waals surface area contributed by atoms with Crippen molar-refractivity contribution < 1.29 is 13.2 Å². The van der Waals surface area contributed by atoms with Crippen molar-refractivity contribution >= 4 is 11.6 Å². The van der Waals surface area contributed by atoms with Crippen LogP contribution in [0.5, 0.6) is 0 Å². The molecule has 0 aliphatic heterocycles. The predicted octanol–water partition coefficient (Wildman–Crippen LogP) is 3.89. The van der Waals surface area contributed by atoms with Crippen LogP contribution >= 0.6 is 11.6 Å². The highest BCUT2D eigenvalue weighted by molar-refractivity contribution is 6.20. The van der Waals surface area contributed by atoms with E-state index in [0.717, 1.165) is 12.1 Å². The standard InChI is InChI=1S/C12H11ClF3N3/c1-7-3-4-9(12(14,15)16)5-11(7)19-6-10(8(2)13)17-18-19/h3-6,8H,1-2H3. The van der Waals surface area contributed by atoms with E-state index in [2.05, 4.69) is 10.3 Å². The molecule has 1 aromatic carbocycles. The number of alkyl halides is 4. The van der Waals surface area contributed by atoms with Gasteiger partial charge in [0.1, 0.15) is 5.69 Å². The van der Waals surface area contributed by atoms with Crippen molar-refractivity contribution in [3.63, 3.8) is 0 Å². The van der Waals surface area contributed by atoms with Crippen LogP contribution in [0.2, 0.25) is 0 Å². The molecule has 0 N–H and O–H groups in total. The molecule has 0 amide bonds. The van der Waals surface area contributed by atoms with Gasteiger partial charge in [-0.15, -0.1) is 16.7 Å². The summed E-state index contributed by atoms with van der Waals surface area (Å²) in [7, 11) is 0. The third-order valence-electron chi connectivity index (χ3n) is 2.70. The zero-order valence-electron chi connectivity index (χ0n) is 10.2. The quantitative estimate of drug-likeness (QED) is 0.785. The first-order valence-corrected chi connectivity index (χ1v) is 5.97. The van der Waals surface area contributed by atoms with Crippen molar-refractivity contribution in [2.45, 2.75) is 25.4 Å². The molecule has 1 aromatic heterocycles. The third kappa shape index (κ3) is 2.89. The third-order valence-corrected chi connectivity index (χ3v) is 2.93. The molecule has 0 aliphatic rings. The molecule has 3 nitrogen and oxygen atoms in total. The largest absolute Gasteiger partial charge is 0.416 e. The Balaban J connectivity index is 2.48. The molecule has 19 heavy (non-hydrogen) atoms. The van der Waals surface area contributed by atoms with Gasteiger partial charge in [-0.25, -0.2) is 4.68 Å². The van der Waals surface area contributed by atoms with Crippen LogP contribution in [-0.2, 0) is 6.18 Å². The second kappa shape index (κ2) is 4.85. The van der Waals surface area contributed by atoms with Crippen LogP contribution in [0, 0.1) is 6.92 Å². The van der Waals surface area contributed by atoms with Gasteiger partial charge in [0.2, 0.25) is 0 Å². The normalized spacial score (nSPS) is 13.6. The summed E-state index contributed by atoms with van der Waals surface area (Å²) in [6, 6.07) is 3.50. The number of rotatable bonds is 2. The number of halogens is 4. The van der Waals surface area contributed by atoms with Crippen molar-refractivity contribution in [1.82, 2.24) is 15.0 Å². The lowest BCUT2D eigenvalue weighted by molar-refractivity contribution is -0.137. The summed E-state index contributed by atoms with van der Waals surface area (Å²) in [6.45, 7) is 3.43. The van der Waals surface area contributed by atoms with Crippen LogP contribution in [0.1, 0.15) is 29.1 Å². The minimum Gasteiger partial charge on any atom is -0.220 e. The topological polar surface area (TPSA) is 30.7 Å². The number of aromatic nitrogens is 3. The zero-order chi connectivity index (χ0) is 14.2. The number of nitrogens with zero attached hydrogens (tertiary/aromatic N) is 3. The van der Waals surface area contributed by atoms with Crippen molar-refractivity contribution in [1.29, 1.82) is 0 Å². The Kier molecular flexibility index (Phi) is 3.54. The molecular weight excluding hydrogens is 279 g/mol. The summed E-state index contributed by atoms with van der Waals surface area (Å²) < 4.78 is 39.4. The van der Waals surface area contributed by atoms with Gasteiger partial charge in [-0.05, 0) is 31.5 Å². The molecule has 1 atom stereocenters. The maximum absolute atomic E-state index is 12.7. The smallest absolute Gasteiger partial charge is 0.220 e.